The monoisotopic (exact) mass is 351 g/mol. The van der Waals surface area contributed by atoms with Crippen LogP contribution in [-0.2, 0) is 4.79 Å². The standard InChI is InChI=1S/C14H14BrN3OS/c1-10(12-7-8-13(15)20-12)17-18-14(19)9-16-11-5-3-2-4-6-11/h2-8,16H,9H2,1H3,(H,18,19)/b17-10-. The van der Waals surface area contributed by atoms with Crippen LogP contribution < -0.4 is 10.7 Å². The van der Waals surface area contributed by atoms with Gasteiger partial charge in [0, 0.05) is 5.69 Å². The van der Waals surface area contributed by atoms with E-state index in [-0.39, 0.29) is 12.5 Å². The molecular weight excluding hydrogens is 338 g/mol. The van der Waals surface area contributed by atoms with Gasteiger partial charge in [0.1, 0.15) is 0 Å². The average Bonchev–Trinajstić information content (AvgIpc) is 2.90. The summed E-state index contributed by atoms with van der Waals surface area (Å²) >= 11 is 4.97. The van der Waals surface area contributed by atoms with Gasteiger partial charge in [0.2, 0.25) is 0 Å². The maximum atomic E-state index is 11.7. The van der Waals surface area contributed by atoms with E-state index in [1.165, 1.54) is 0 Å². The summed E-state index contributed by atoms with van der Waals surface area (Å²) in [5.41, 5.74) is 4.23. The molecule has 4 nitrogen and oxygen atoms in total. The molecule has 0 saturated heterocycles. The van der Waals surface area contributed by atoms with E-state index in [2.05, 4.69) is 31.8 Å². The number of hydrazone groups is 1. The summed E-state index contributed by atoms with van der Waals surface area (Å²) in [6.07, 6.45) is 0. The number of anilines is 1. The second kappa shape index (κ2) is 7.21. The minimum Gasteiger partial charge on any atom is -0.376 e. The highest BCUT2D eigenvalue weighted by atomic mass is 79.9. The van der Waals surface area contributed by atoms with Crippen LogP contribution in [0.15, 0.2) is 51.4 Å². The van der Waals surface area contributed by atoms with Crippen molar-refractivity contribution in [1.82, 2.24) is 5.43 Å². The lowest BCUT2D eigenvalue weighted by Crippen LogP contribution is -2.26. The highest BCUT2D eigenvalue weighted by Crippen LogP contribution is 2.22. The maximum Gasteiger partial charge on any atom is 0.259 e. The molecule has 20 heavy (non-hydrogen) atoms. The fourth-order valence-electron chi connectivity index (χ4n) is 1.49. The molecule has 2 aromatic rings. The van der Waals surface area contributed by atoms with Crippen LogP contribution in [-0.4, -0.2) is 18.2 Å². The summed E-state index contributed by atoms with van der Waals surface area (Å²) in [5.74, 6) is -0.177. The molecule has 0 spiro atoms. The Bertz CT molecular complexity index is 610. The molecule has 0 aliphatic heterocycles. The number of hydrogen-bond donors (Lipinski definition) is 2. The quantitative estimate of drug-likeness (QED) is 0.640. The van der Waals surface area contributed by atoms with Gasteiger partial charge >= 0.3 is 0 Å². The van der Waals surface area contributed by atoms with E-state index in [0.29, 0.717) is 0 Å². The number of benzene rings is 1. The zero-order chi connectivity index (χ0) is 14.4. The highest BCUT2D eigenvalue weighted by Gasteiger charge is 2.03. The third-order valence-corrected chi connectivity index (χ3v) is 4.24. The normalized spacial score (nSPS) is 11.2. The Morgan fingerprint density at radius 2 is 2.00 bits per heavy atom. The Hall–Kier alpha value is -1.66. The van der Waals surface area contributed by atoms with Crippen LogP contribution in [0.3, 0.4) is 0 Å². The van der Waals surface area contributed by atoms with Gasteiger partial charge in [-0.15, -0.1) is 11.3 Å². The van der Waals surface area contributed by atoms with Crippen LogP contribution in [0.2, 0.25) is 0 Å². The number of halogens is 1. The molecule has 1 aromatic heterocycles. The third-order valence-electron chi connectivity index (χ3n) is 2.50. The fourth-order valence-corrected chi connectivity index (χ4v) is 2.82. The molecule has 6 heteroatoms. The molecule has 2 rings (SSSR count). The zero-order valence-corrected chi connectivity index (χ0v) is 13.3. The molecule has 0 saturated carbocycles. The largest absolute Gasteiger partial charge is 0.376 e. The van der Waals surface area contributed by atoms with Crippen LogP contribution in [0.1, 0.15) is 11.8 Å². The Morgan fingerprint density at radius 3 is 2.65 bits per heavy atom. The Labute approximate surface area is 130 Å². The van der Waals surface area contributed by atoms with Crippen LogP contribution >= 0.6 is 27.3 Å². The number of nitrogens with zero attached hydrogens (tertiary/aromatic N) is 1. The molecule has 1 amide bonds. The Morgan fingerprint density at radius 1 is 1.25 bits per heavy atom. The van der Waals surface area contributed by atoms with Gasteiger partial charge < -0.3 is 5.32 Å². The first kappa shape index (κ1) is 14.7. The number of carbonyl (C=O) groups is 1. The van der Waals surface area contributed by atoms with Gasteiger partial charge in [0.25, 0.3) is 5.91 Å². The summed E-state index contributed by atoms with van der Waals surface area (Å²) in [6.45, 7) is 2.05. The van der Waals surface area contributed by atoms with Gasteiger partial charge in [-0.3, -0.25) is 4.79 Å². The number of para-hydroxylation sites is 1. The van der Waals surface area contributed by atoms with E-state index in [1.54, 1.807) is 11.3 Å². The Balaban J connectivity index is 1.83. The van der Waals surface area contributed by atoms with Crippen molar-refractivity contribution in [2.45, 2.75) is 6.92 Å². The van der Waals surface area contributed by atoms with Crippen molar-refractivity contribution in [2.75, 3.05) is 11.9 Å². The lowest BCUT2D eigenvalue weighted by Gasteiger charge is -2.05. The molecule has 0 atom stereocenters. The Kier molecular flexibility index (Phi) is 5.31. The smallest absolute Gasteiger partial charge is 0.259 e. The molecule has 1 heterocycles. The van der Waals surface area contributed by atoms with E-state index in [4.69, 9.17) is 0 Å². The first-order valence-corrected chi connectivity index (χ1v) is 7.64. The van der Waals surface area contributed by atoms with Crippen molar-refractivity contribution in [3.8, 4) is 0 Å². The van der Waals surface area contributed by atoms with Crippen LogP contribution in [0.25, 0.3) is 0 Å². The third kappa shape index (κ3) is 4.47. The minimum atomic E-state index is -0.177. The van der Waals surface area contributed by atoms with Gasteiger partial charge in [-0.05, 0) is 47.1 Å². The summed E-state index contributed by atoms with van der Waals surface area (Å²) in [4.78, 5) is 12.7. The lowest BCUT2D eigenvalue weighted by molar-refractivity contribution is -0.119. The van der Waals surface area contributed by atoms with Crippen molar-refractivity contribution in [3.63, 3.8) is 0 Å². The minimum absolute atomic E-state index is 0.177. The van der Waals surface area contributed by atoms with Crippen molar-refractivity contribution in [1.29, 1.82) is 0 Å². The molecule has 2 N–H and O–H groups in total. The van der Waals surface area contributed by atoms with Gasteiger partial charge in [-0.25, -0.2) is 5.43 Å². The van der Waals surface area contributed by atoms with Crippen LogP contribution in [0.5, 0.6) is 0 Å². The molecule has 0 unspecified atom stereocenters. The topological polar surface area (TPSA) is 53.5 Å². The number of carbonyl (C=O) groups excluding carboxylic acids is 1. The number of nitrogens with one attached hydrogen (secondary N) is 2. The SMILES string of the molecule is C/C(=N/NC(=O)CNc1ccccc1)c1ccc(Br)s1. The molecule has 0 aliphatic rings. The van der Waals surface area contributed by atoms with E-state index >= 15 is 0 Å². The van der Waals surface area contributed by atoms with Crippen molar-refractivity contribution >= 4 is 44.6 Å². The van der Waals surface area contributed by atoms with Gasteiger partial charge in [-0.1, -0.05) is 18.2 Å². The fraction of sp³-hybridized carbons (Fsp3) is 0.143. The van der Waals surface area contributed by atoms with E-state index < -0.39 is 0 Å². The summed E-state index contributed by atoms with van der Waals surface area (Å²) in [5, 5.41) is 7.11. The second-order valence-electron chi connectivity index (χ2n) is 4.06. The van der Waals surface area contributed by atoms with E-state index in [9.17, 15) is 4.79 Å². The predicted molar refractivity (Wildman–Crippen MR) is 87.3 cm³/mol. The molecule has 0 aliphatic carbocycles. The number of hydrogen-bond acceptors (Lipinski definition) is 4. The van der Waals surface area contributed by atoms with Crippen molar-refractivity contribution in [3.05, 3.63) is 51.1 Å². The number of amides is 1. The predicted octanol–water partition coefficient (Wildman–Crippen LogP) is 3.46. The van der Waals surface area contributed by atoms with Crippen molar-refractivity contribution < 1.29 is 4.79 Å². The van der Waals surface area contributed by atoms with Gasteiger partial charge in [0.15, 0.2) is 0 Å². The average molecular weight is 352 g/mol. The van der Waals surface area contributed by atoms with Crippen LogP contribution in [0, 0.1) is 0 Å². The van der Waals surface area contributed by atoms with E-state index in [1.807, 2.05) is 49.4 Å². The van der Waals surface area contributed by atoms with E-state index in [0.717, 1.165) is 20.1 Å². The highest BCUT2D eigenvalue weighted by molar-refractivity contribution is 9.11. The number of thiophene rings is 1. The summed E-state index contributed by atoms with van der Waals surface area (Å²) in [7, 11) is 0. The molecule has 0 radical (unpaired) electrons. The van der Waals surface area contributed by atoms with Gasteiger partial charge in [-0.2, -0.15) is 5.10 Å². The molecular formula is C14H14BrN3OS. The lowest BCUT2D eigenvalue weighted by atomic mass is 10.3. The first-order chi connectivity index (χ1) is 9.65. The second-order valence-corrected chi connectivity index (χ2v) is 6.52. The number of rotatable bonds is 5. The summed E-state index contributed by atoms with van der Waals surface area (Å²) in [6, 6.07) is 13.5. The molecule has 1 aromatic carbocycles. The van der Waals surface area contributed by atoms with Gasteiger partial charge in [0.05, 0.1) is 20.9 Å². The first-order valence-electron chi connectivity index (χ1n) is 6.03. The molecule has 0 bridgehead atoms. The molecule has 0 fully saturated rings. The van der Waals surface area contributed by atoms with Crippen molar-refractivity contribution in [2.24, 2.45) is 5.10 Å². The summed E-state index contributed by atoms with van der Waals surface area (Å²) < 4.78 is 1.04. The molecule has 104 valence electrons. The van der Waals surface area contributed by atoms with Crippen LogP contribution in [0.4, 0.5) is 5.69 Å². The zero-order valence-electron chi connectivity index (χ0n) is 10.9. The maximum absolute atomic E-state index is 11.7.